The number of phenolic OH excluding ortho intramolecular Hbond substituents is 1. The lowest BCUT2D eigenvalue weighted by Crippen LogP contribution is -2.32. The second kappa shape index (κ2) is 8.61. The molecule has 1 heterocycles. The minimum Gasteiger partial charge on any atom is -0.507 e. The lowest BCUT2D eigenvalue weighted by atomic mass is 10.1. The van der Waals surface area contributed by atoms with Gasteiger partial charge in [-0.3, -0.25) is 4.79 Å². The van der Waals surface area contributed by atoms with Gasteiger partial charge < -0.3 is 20.5 Å². The van der Waals surface area contributed by atoms with Crippen molar-refractivity contribution in [1.29, 1.82) is 0 Å². The van der Waals surface area contributed by atoms with Crippen molar-refractivity contribution in [2.75, 3.05) is 11.9 Å². The summed E-state index contributed by atoms with van der Waals surface area (Å²) < 4.78 is 6.83. The number of phenols is 1. The third kappa shape index (κ3) is 4.69. The van der Waals surface area contributed by atoms with Gasteiger partial charge in [0.25, 0.3) is 5.91 Å². The van der Waals surface area contributed by atoms with Crippen LogP contribution in [0, 0.1) is 0 Å². The highest BCUT2D eigenvalue weighted by Gasteiger charge is 2.32. The summed E-state index contributed by atoms with van der Waals surface area (Å²) in [5.74, 6) is 0.717. The zero-order valence-corrected chi connectivity index (χ0v) is 18.4. The summed E-state index contributed by atoms with van der Waals surface area (Å²) in [7, 11) is 0. The largest absolute Gasteiger partial charge is 0.507 e. The first kappa shape index (κ1) is 21.1. The summed E-state index contributed by atoms with van der Waals surface area (Å²) in [5.41, 5.74) is 2.86. The normalized spacial score (nSPS) is 15.2. The second-order valence-electron chi connectivity index (χ2n) is 8.51. The van der Waals surface area contributed by atoms with Gasteiger partial charge in [0.05, 0.1) is 18.0 Å². The molecule has 5 rings (SSSR count). The molecule has 0 unspecified atom stereocenters. The van der Waals surface area contributed by atoms with Crippen molar-refractivity contribution in [2.45, 2.75) is 44.6 Å². The first-order valence-electron chi connectivity index (χ1n) is 11.3. The standard InChI is InChI=1S/C25H26N4O4/c1-2-33-19-10-5-16(6-11-19)24(31)26-18-9-12-20(23(30)13-18)21-14-22(15-3-4-15)29(28-21)25(32)27-17-7-8-17/h5-6,9-15,17,30H,2-4,7-8H2,1H3,(H,26,31)(H,27,32). The van der Waals surface area contributed by atoms with E-state index < -0.39 is 0 Å². The molecule has 3 aromatic rings. The summed E-state index contributed by atoms with van der Waals surface area (Å²) >= 11 is 0. The van der Waals surface area contributed by atoms with Crippen LogP contribution in [-0.2, 0) is 0 Å². The van der Waals surface area contributed by atoms with Gasteiger partial charge in [-0.15, -0.1) is 0 Å². The molecule has 8 nitrogen and oxygen atoms in total. The Morgan fingerprint density at radius 3 is 2.48 bits per heavy atom. The molecule has 170 valence electrons. The van der Waals surface area contributed by atoms with E-state index in [0.717, 1.165) is 31.4 Å². The summed E-state index contributed by atoms with van der Waals surface area (Å²) in [4.78, 5) is 25.2. The Morgan fingerprint density at radius 1 is 1.09 bits per heavy atom. The molecule has 0 saturated heterocycles. The SMILES string of the molecule is CCOc1ccc(C(=O)Nc2ccc(-c3cc(C4CC4)n(C(=O)NC4CC4)n3)c(O)c2)cc1. The van der Waals surface area contributed by atoms with Crippen molar-refractivity contribution in [2.24, 2.45) is 0 Å². The van der Waals surface area contributed by atoms with Crippen LogP contribution in [0.4, 0.5) is 10.5 Å². The van der Waals surface area contributed by atoms with Crippen LogP contribution >= 0.6 is 0 Å². The van der Waals surface area contributed by atoms with Gasteiger partial charge in [-0.2, -0.15) is 9.78 Å². The lowest BCUT2D eigenvalue weighted by Gasteiger charge is -2.09. The number of hydrogen-bond donors (Lipinski definition) is 3. The second-order valence-corrected chi connectivity index (χ2v) is 8.51. The average molecular weight is 447 g/mol. The van der Waals surface area contributed by atoms with Gasteiger partial charge in [0.15, 0.2) is 0 Å². The lowest BCUT2D eigenvalue weighted by molar-refractivity contribution is 0.102. The maximum atomic E-state index is 12.6. The maximum Gasteiger partial charge on any atom is 0.342 e. The number of anilines is 1. The molecule has 2 saturated carbocycles. The number of hydrogen-bond acceptors (Lipinski definition) is 5. The average Bonchev–Trinajstić information content (AvgIpc) is 3.74. The Morgan fingerprint density at radius 2 is 1.85 bits per heavy atom. The molecule has 3 N–H and O–H groups in total. The van der Waals surface area contributed by atoms with Gasteiger partial charge >= 0.3 is 6.03 Å². The van der Waals surface area contributed by atoms with Crippen LogP contribution in [0.1, 0.15) is 54.6 Å². The number of rotatable bonds is 7. The summed E-state index contributed by atoms with van der Waals surface area (Å²) in [6.45, 7) is 2.46. The summed E-state index contributed by atoms with van der Waals surface area (Å²) in [6, 6.07) is 13.7. The fourth-order valence-corrected chi connectivity index (χ4v) is 3.72. The molecule has 33 heavy (non-hydrogen) atoms. The Hall–Kier alpha value is -3.81. The van der Waals surface area contributed by atoms with E-state index in [-0.39, 0.29) is 23.7 Å². The van der Waals surface area contributed by atoms with E-state index in [1.807, 2.05) is 13.0 Å². The van der Waals surface area contributed by atoms with E-state index in [1.165, 1.54) is 10.7 Å². The van der Waals surface area contributed by atoms with Gasteiger partial charge in [-0.1, -0.05) is 0 Å². The van der Waals surface area contributed by atoms with E-state index in [1.54, 1.807) is 36.4 Å². The Kier molecular flexibility index (Phi) is 5.50. The molecule has 2 aliphatic rings. The molecular formula is C25H26N4O4. The number of carbonyl (C=O) groups excluding carboxylic acids is 2. The molecule has 0 atom stereocenters. The third-order valence-corrected chi connectivity index (χ3v) is 5.79. The topological polar surface area (TPSA) is 105 Å². The van der Waals surface area contributed by atoms with Crippen LogP contribution in [-0.4, -0.2) is 39.5 Å². The predicted molar refractivity (Wildman–Crippen MR) is 124 cm³/mol. The van der Waals surface area contributed by atoms with Crippen LogP contribution in [0.3, 0.4) is 0 Å². The van der Waals surface area contributed by atoms with Crippen molar-refractivity contribution < 1.29 is 19.4 Å². The van der Waals surface area contributed by atoms with Gasteiger partial charge in [0, 0.05) is 34.8 Å². The molecule has 0 bridgehead atoms. The van der Waals surface area contributed by atoms with Crippen molar-refractivity contribution >= 4 is 17.6 Å². The van der Waals surface area contributed by atoms with Gasteiger partial charge in [0.1, 0.15) is 11.5 Å². The van der Waals surface area contributed by atoms with Gasteiger partial charge in [0.2, 0.25) is 0 Å². The zero-order valence-electron chi connectivity index (χ0n) is 18.4. The highest BCUT2D eigenvalue weighted by Crippen LogP contribution is 2.42. The molecule has 2 aromatic carbocycles. The molecule has 2 aliphatic carbocycles. The molecule has 0 spiro atoms. The molecule has 8 heteroatoms. The van der Waals surface area contributed by atoms with Gasteiger partial charge in [-0.25, -0.2) is 4.79 Å². The Labute approximate surface area is 191 Å². The van der Waals surface area contributed by atoms with E-state index in [2.05, 4.69) is 15.7 Å². The first-order valence-corrected chi connectivity index (χ1v) is 11.3. The number of aromatic hydroxyl groups is 1. The Bertz CT molecular complexity index is 1190. The Balaban J connectivity index is 1.33. The minimum absolute atomic E-state index is 0.0194. The van der Waals surface area contributed by atoms with E-state index in [0.29, 0.717) is 40.8 Å². The molecule has 2 amide bonds. The first-order chi connectivity index (χ1) is 16.0. The van der Waals surface area contributed by atoms with Crippen LogP contribution in [0.25, 0.3) is 11.3 Å². The number of carbonyl (C=O) groups is 2. The molecule has 0 radical (unpaired) electrons. The highest BCUT2D eigenvalue weighted by atomic mass is 16.5. The minimum atomic E-state index is -0.290. The number of nitrogens with one attached hydrogen (secondary N) is 2. The summed E-state index contributed by atoms with van der Waals surface area (Å²) in [5, 5.41) is 20.9. The van der Waals surface area contributed by atoms with E-state index >= 15 is 0 Å². The van der Waals surface area contributed by atoms with Crippen LogP contribution in [0.2, 0.25) is 0 Å². The van der Waals surface area contributed by atoms with Crippen LogP contribution in [0.15, 0.2) is 48.5 Å². The zero-order chi connectivity index (χ0) is 22.9. The fraction of sp³-hybridized carbons (Fsp3) is 0.320. The van der Waals surface area contributed by atoms with Crippen molar-refractivity contribution in [3.05, 3.63) is 59.8 Å². The highest BCUT2D eigenvalue weighted by molar-refractivity contribution is 6.04. The molecule has 1 aromatic heterocycles. The number of amides is 2. The third-order valence-electron chi connectivity index (χ3n) is 5.79. The number of benzene rings is 2. The monoisotopic (exact) mass is 446 g/mol. The van der Waals surface area contributed by atoms with Crippen LogP contribution in [0.5, 0.6) is 11.5 Å². The number of ether oxygens (including phenoxy) is 1. The predicted octanol–water partition coefficient (Wildman–Crippen LogP) is 4.50. The number of aromatic nitrogens is 2. The molecule has 0 aliphatic heterocycles. The van der Waals surface area contributed by atoms with E-state index in [9.17, 15) is 14.7 Å². The molecule has 2 fully saturated rings. The molecular weight excluding hydrogens is 420 g/mol. The maximum absolute atomic E-state index is 12.6. The van der Waals surface area contributed by atoms with Gasteiger partial charge in [-0.05, 0) is 75.1 Å². The van der Waals surface area contributed by atoms with E-state index in [4.69, 9.17) is 4.74 Å². The van der Waals surface area contributed by atoms with Crippen molar-refractivity contribution in [3.63, 3.8) is 0 Å². The fourth-order valence-electron chi connectivity index (χ4n) is 3.72. The quantitative estimate of drug-likeness (QED) is 0.495. The van der Waals surface area contributed by atoms with Crippen molar-refractivity contribution in [1.82, 2.24) is 15.1 Å². The number of nitrogens with zero attached hydrogens (tertiary/aromatic N) is 2. The smallest absolute Gasteiger partial charge is 0.342 e. The van der Waals surface area contributed by atoms with Crippen molar-refractivity contribution in [3.8, 4) is 22.8 Å². The summed E-state index contributed by atoms with van der Waals surface area (Å²) in [6.07, 6.45) is 4.07. The van der Waals surface area contributed by atoms with Crippen LogP contribution < -0.4 is 15.4 Å².